The Balaban J connectivity index is 2.00. The van der Waals surface area contributed by atoms with Crippen molar-refractivity contribution in [1.82, 2.24) is 0 Å². The lowest BCUT2D eigenvalue weighted by molar-refractivity contribution is 0.414. The number of methoxy groups -OCH3 is 1. The maximum absolute atomic E-state index is 5.97. The van der Waals surface area contributed by atoms with Gasteiger partial charge in [-0.15, -0.1) is 0 Å². The summed E-state index contributed by atoms with van der Waals surface area (Å²) < 4.78 is 5.23. The summed E-state index contributed by atoms with van der Waals surface area (Å²) >= 11 is 0. The maximum atomic E-state index is 5.97. The van der Waals surface area contributed by atoms with E-state index in [2.05, 4.69) is 24.1 Å². The molecule has 0 amide bonds. The normalized spacial score (nSPS) is 10.2. The fourth-order valence-electron chi connectivity index (χ4n) is 2.08. The first-order chi connectivity index (χ1) is 9.20. The molecule has 2 N–H and O–H groups in total. The predicted molar refractivity (Wildman–Crippen MR) is 80.8 cm³/mol. The van der Waals surface area contributed by atoms with Crippen molar-refractivity contribution in [3.8, 4) is 5.75 Å². The SMILES string of the molecule is COc1cccc(CCN(C)c2ccccc2N)c1. The Labute approximate surface area is 114 Å². The lowest BCUT2D eigenvalue weighted by Crippen LogP contribution is -2.21. The molecule has 100 valence electrons. The zero-order chi connectivity index (χ0) is 13.7. The monoisotopic (exact) mass is 256 g/mol. The van der Waals surface area contributed by atoms with Crippen LogP contribution in [-0.4, -0.2) is 20.7 Å². The summed E-state index contributed by atoms with van der Waals surface area (Å²) in [7, 11) is 3.75. The number of para-hydroxylation sites is 2. The average molecular weight is 256 g/mol. The number of anilines is 2. The van der Waals surface area contributed by atoms with E-state index in [1.807, 2.05) is 36.4 Å². The van der Waals surface area contributed by atoms with Gasteiger partial charge in [0.05, 0.1) is 18.5 Å². The maximum Gasteiger partial charge on any atom is 0.119 e. The van der Waals surface area contributed by atoms with E-state index in [0.717, 1.165) is 30.1 Å². The summed E-state index contributed by atoms with van der Waals surface area (Å²) in [6.45, 7) is 0.918. The molecule has 2 aromatic carbocycles. The van der Waals surface area contributed by atoms with Gasteiger partial charge in [-0.1, -0.05) is 24.3 Å². The van der Waals surface area contributed by atoms with E-state index in [1.54, 1.807) is 7.11 Å². The van der Waals surface area contributed by atoms with E-state index >= 15 is 0 Å². The zero-order valence-corrected chi connectivity index (χ0v) is 11.5. The number of benzene rings is 2. The summed E-state index contributed by atoms with van der Waals surface area (Å²) in [5.41, 5.74) is 9.13. The molecule has 0 aromatic heterocycles. The molecular formula is C16H20N2O. The summed E-state index contributed by atoms with van der Waals surface area (Å²) in [5.74, 6) is 0.902. The highest BCUT2D eigenvalue weighted by Gasteiger charge is 2.04. The number of nitrogens with zero attached hydrogens (tertiary/aromatic N) is 1. The van der Waals surface area contributed by atoms with E-state index in [-0.39, 0.29) is 0 Å². The second-order valence-electron chi connectivity index (χ2n) is 4.58. The first-order valence-corrected chi connectivity index (χ1v) is 6.39. The lowest BCUT2D eigenvalue weighted by Gasteiger charge is -2.21. The molecule has 0 aliphatic rings. The minimum atomic E-state index is 0.815. The minimum absolute atomic E-state index is 0.815. The van der Waals surface area contributed by atoms with Gasteiger partial charge in [-0.3, -0.25) is 0 Å². The largest absolute Gasteiger partial charge is 0.497 e. The second-order valence-corrected chi connectivity index (χ2v) is 4.58. The van der Waals surface area contributed by atoms with E-state index in [1.165, 1.54) is 5.56 Å². The van der Waals surface area contributed by atoms with Crippen LogP contribution in [0.15, 0.2) is 48.5 Å². The molecule has 0 bridgehead atoms. The molecule has 0 heterocycles. The van der Waals surface area contributed by atoms with Gasteiger partial charge in [-0.25, -0.2) is 0 Å². The molecule has 0 saturated heterocycles. The number of hydrogen-bond donors (Lipinski definition) is 1. The lowest BCUT2D eigenvalue weighted by atomic mass is 10.1. The van der Waals surface area contributed by atoms with Crippen molar-refractivity contribution in [2.24, 2.45) is 0 Å². The van der Waals surface area contributed by atoms with E-state index in [9.17, 15) is 0 Å². The standard InChI is InChI=1S/C16H20N2O/c1-18(16-9-4-3-8-15(16)17)11-10-13-6-5-7-14(12-13)19-2/h3-9,12H,10-11,17H2,1-2H3. The van der Waals surface area contributed by atoms with Gasteiger partial charge in [0.15, 0.2) is 0 Å². The summed E-state index contributed by atoms with van der Waals surface area (Å²) in [6, 6.07) is 16.1. The van der Waals surface area contributed by atoms with Crippen molar-refractivity contribution < 1.29 is 4.74 Å². The smallest absolute Gasteiger partial charge is 0.119 e. The topological polar surface area (TPSA) is 38.5 Å². The molecule has 3 heteroatoms. The molecule has 0 fully saturated rings. The first kappa shape index (κ1) is 13.3. The van der Waals surface area contributed by atoms with Crippen molar-refractivity contribution in [2.75, 3.05) is 31.3 Å². The van der Waals surface area contributed by atoms with E-state index in [0.29, 0.717) is 0 Å². The Morgan fingerprint density at radius 2 is 1.89 bits per heavy atom. The molecule has 19 heavy (non-hydrogen) atoms. The van der Waals surface area contributed by atoms with Gasteiger partial charge in [0, 0.05) is 13.6 Å². The molecule has 0 radical (unpaired) electrons. The molecule has 0 spiro atoms. The highest BCUT2D eigenvalue weighted by molar-refractivity contribution is 5.66. The van der Waals surface area contributed by atoms with Crippen molar-refractivity contribution in [1.29, 1.82) is 0 Å². The predicted octanol–water partition coefficient (Wildman–Crippen LogP) is 2.96. The number of likely N-dealkylation sites (N-methyl/N-ethyl adjacent to an activating group) is 1. The number of rotatable bonds is 5. The van der Waals surface area contributed by atoms with Gasteiger partial charge in [0.25, 0.3) is 0 Å². The number of ether oxygens (including phenoxy) is 1. The van der Waals surface area contributed by atoms with E-state index in [4.69, 9.17) is 10.5 Å². The van der Waals surface area contributed by atoms with Gasteiger partial charge in [-0.2, -0.15) is 0 Å². The molecule has 0 saturated carbocycles. The summed E-state index contributed by atoms with van der Waals surface area (Å²) in [6.07, 6.45) is 0.960. The number of nitrogen functional groups attached to an aromatic ring is 1. The Hall–Kier alpha value is -2.16. The molecule has 0 atom stereocenters. The Morgan fingerprint density at radius 1 is 1.11 bits per heavy atom. The fourth-order valence-corrected chi connectivity index (χ4v) is 2.08. The molecule has 2 aromatic rings. The third kappa shape index (κ3) is 3.41. The van der Waals surface area contributed by atoms with Gasteiger partial charge in [0.1, 0.15) is 5.75 Å². The highest BCUT2D eigenvalue weighted by atomic mass is 16.5. The third-order valence-corrected chi connectivity index (χ3v) is 3.22. The van der Waals surface area contributed by atoms with Crippen LogP contribution in [0.25, 0.3) is 0 Å². The molecule has 2 rings (SSSR count). The number of hydrogen-bond acceptors (Lipinski definition) is 3. The molecule has 0 aliphatic carbocycles. The van der Waals surface area contributed by atoms with Crippen LogP contribution in [0.5, 0.6) is 5.75 Å². The van der Waals surface area contributed by atoms with Crippen LogP contribution in [-0.2, 0) is 6.42 Å². The van der Waals surface area contributed by atoms with Crippen LogP contribution < -0.4 is 15.4 Å². The second kappa shape index (κ2) is 6.14. The summed E-state index contributed by atoms with van der Waals surface area (Å²) in [4.78, 5) is 2.18. The van der Waals surface area contributed by atoms with Crippen LogP contribution in [0.3, 0.4) is 0 Å². The summed E-state index contributed by atoms with van der Waals surface area (Å²) in [5, 5.41) is 0. The van der Waals surface area contributed by atoms with Crippen LogP contribution in [0, 0.1) is 0 Å². The van der Waals surface area contributed by atoms with Crippen LogP contribution in [0.1, 0.15) is 5.56 Å². The van der Waals surface area contributed by atoms with Crippen molar-refractivity contribution >= 4 is 11.4 Å². The molecule has 0 aliphatic heterocycles. The Kier molecular flexibility index (Phi) is 4.29. The number of nitrogens with two attached hydrogens (primary N) is 1. The van der Waals surface area contributed by atoms with Gasteiger partial charge >= 0.3 is 0 Å². The molecule has 3 nitrogen and oxygen atoms in total. The van der Waals surface area contributed by atoms with Crippen molar-refractivity contribution in [2.45, 2.75) is 6.42 Å². The zero-order valence-electron chi connectivity index (χ0n) is 11.5. The van der Waals surface area contributed by atoms with E-state index < -0.39 is 0 Å². The Bertz CT molecular complexity index is 540. The molecular weight excluding hydrogens is 236 g/mol. The van der Waals surface area contributed by atoms with Gasteiger partial charge in [-0.05, 0) is 36.2 Å². The quantitative estimate of drug-likeness (QED) is 0.836. The first-order valence-electron chi connectivity index (χ1n) is 6.39. The minimum Gasteiger partial charge on any atom is -0.497 e. The van der Waals surface area contributed by atoms with Crippen LogP contribution >= 0.6 is 0 Å². The van der Waals surface area contributed by atoms with Crippen LogP contribution in [0.4, 0.5) is 11.4 Å². The van der Waals surface area contributed by atoms with Crippen molar-refractivity contribution in [3.05, 3.63) is 54.1 Å². The van der Waals surface area contributed by atoms with Crippen LogP contribution in [0.2, 0.25) is 0 Å². The van der Waals surface area contributed by atoms with Crippen molar-refractivity contribution in [3.63, 3.8) is 0 Å². The third-order valence-electron chi connectivity index (χ3n) is 3.22. The highest BCUT2D eigenvalue weighted by Crippen LogP contribution is 2.21. The average Bonchev–Trinajstić information content (AvgIpc) is 2.45. The molecule has 0 unspecified atom stereocenters. The Morgan fingerprint density at radius 3 is 2.63 bits per heavy atom. The van der Waals surface area contributed by atoms with Gasteiger partial charge < -0.3 is 15.4 Å². The fraction of sp³-hybridized carbons (Fsp3) is 0.250. The van der Waals surface area contributed by atoms with Gasteiger partial charge in [0.2, 0.25) is 0 Å².